The summed E-state index contributed by atoms with van der Waals surface area (Å²) in [6.07, 6.45) is -4.87. The van der Waals surface area contributed by atoms with Gasteiger partial charge in [0, 0.05) is 10.6 Å². The number of guanidine groups is 1. The summed E-state index contributed by atoms with van der Waals surface area (Å²) in [4.78, 5) is 15.9. The quantitative estimate of drug-likeness (QED) is 0.610. The predicted molar refractivity (Wildman–Crippen MR) is 91.8 cm³/mol. The monoisotopic (exact) mass is 385 g/mol. The van der Waals surface area contributed by atoms with Crippen LogP contribution < -0.4 is 16.2 Å². The van der Waals surface area contributed by atoms with Crippen molar-refractivity contribution in [1.82, 2.24) is 0 Å². The highest BCUT2D eigenvalue weighted by Crippen LogP contribution is 2.34. The first kappa shape index (κ1) is 19.6. The van der Waals surface area contributed by atoms with E-state index in [0.29, 0.717) is 10.6 Å². The topological polar surface area (TPSA) is 90.7 Å². The van der Waals surface area contributed by atoms with Crippen LogP contribution in [0.4, 0.5) is 13.2 Å². The molecule has 0 spiro atoms. The molecule has 0 radical (unpaired) electrons. The van der Waals surface area contributed by atoms with Gasteiger partial charge in [0.05, 0.1) is 5.92 Å². The lowest BCUT2D eigenvalue weighted by atomic mass is 9.90. The number of aliphatic imine (C=N–C) groups is 1. The van der Waals surface area contributed by atoms with Gasteiger partial charge in [0.2, 0.25) is 0 Å². The third-order valence-electron chi connectivity index (χ3n) is 3.39. The Morgan fingerprint density at radius 2 is 1.85 bits per heavy atom. The number of hydrogen-bond donors (Lipinski definition) is 2. The van der Waals surface area contributed by atoms with Gasteiger partial charge in [0.15, 0.2) is 5.96 Å². The van der Waals surface area contributed by atoms with Gasteiger partial charge in [-0.25, -0.2) is 0 Å². The number of ether oxygens (including phenoxy) is 1. The Morgan fingerprint density at radius 3 is 2.46 bits per heavy atom. The van der Waals surface area contributed by atoms with Crippen LogP contribution in [0.3, 0.4) is 0 Å². The Hall–Kier alpha value is -2.74. The van der Waals surface area contributed by atoms with E-state index in [1.54, 1.807) is 24.3 Å². The van der Waals surface area contributed by atoms with E-state index in [2.05, 4.69) is 9.73 Å². The van der Waals surface area contributed by atoms with Crippen molar-refractivity contribution in [2.75, 3.05) is 0 Å². The van der Waals surface area contributed by atoms with Crippen molar-refractivity contribution in [3.63, 3.8) is 0 Å². The Morgan fingerprint density at radius 1 is 1.15 bits per heavy atom. The highest BCUT2D eigenvalue weighted by atomic mass is 35.5. The Kier molecular flexibility index (Phi) is 6.10. The van der Waals surface area contributed by atoms with E-state index in [1.807, 2.05) is 0 Å². The largest absolute Gasteiger partial charge is 0.573 e. The number of nitrogens with zero attached hydrogens (tertiary/aromatic N) is 1. The number of halogens is 4. The van der Waals surface area contributed by atoms with Crippen LogP contribution >= 0.6 is 11.6 Å². The minimum absolute atomic E-state index is 0.0137. The molecule has 9 heteroatoms. The number of para-hydroxylation sites is 1. The van der Waals surface area contributed by atoms with Gasteiger partial charge >= 0.3 is 6.36 Å². The van der Waals surface area contributed by atoms with Crippen LogP contribution in [0.5, 0.6) is 5.75 Å². The number of rotatable bonds is 5. The van der Waals surface area contributed by atoms with Gasteiger partial charge in [0.1, 0.15) is 5.75 Å². The second-order valence-electron chi connectivity index (χ2n) is 5.35. The molecule has 0 saturated carbocycles. The van der Waals surface area contributed by atoms with Crippen LogP contribution in [0, 0.1) is 0 Å². The second kappa shape index (κ2) is 8.09. The summed E-state index contributed by atoms with van der Waals surface area (Å²) < 4.78 is 42.1. The maximum absolute atomic E-state index is 12.7. The molecular formula is C17H15ClF3N3O2. The molecule has 1 unspecified atom stereocenters. The zero-order valence-electron chi connectivity index (χ0n) is 13.3. The zero-order chi connectivity index (χ0) is 19.3. The van der Waals surface area contributed by atoms with Crippen molar-refractivity contribution in [2.45, 2.75) is 18.7 Å². The summed E-state index contributed by atoms with van der Waals surface area (Å²) in [6, 6.07) is 11.9. The van der Waals surface area contributed by atoms with E-state index in [0.717, 1.165) is 6.07 Å². The highest BCUT2D eigenvalue weighted by Gasteiger charge is 2.34. The van der Waals surface area contributed by atoms with Gasteiger partial charge in [-0.15, -0.1) is 13.2 Å². The van der Waals surface area contributed by atoms with Crippen molar-refractivity contribution in [3.05, 3.63) is 64.7 Å². The molecule has 2 aromatic carbocycles. The molecule has 0 aromatic heterocycles. The van der Waals surface area contributed by atoms with Crippen LogP contribution in [0.2, 0.25) is 5.02 Å². The molecule has 0 aliphatic rings. The summed E-state index contributed by atoms with van der Waals surface area (Å²) in [5.41, 5.74) is 11.1. The van der Waals surface area contributed by atoms with Gasteiger partial charge < -0.3 is 16.2 Å². The average molecular weight is 386 g/mol. The van der Waals surface area contributed by atoms with Gasteiger partial charge in [0.25, 0.3) is 5.91 Å². The lowest BCUT2D eigenvalue weighted by molar-refractivity contribution is -0.275. The van der Waals surface area contributed by atoms with Gasteiger partial charge in [-0.3, -0.25) is 4.79 Å². The molecule has 1 atom stereocenters. The molecular weight excluding hydrogens is 371 g/mol. The Labute approximate surface area is 152 Å². The third-order valence-corrected chi connectivity index (χ3v) is 3.62. The third kappa shape index (κ3) is 5.66. The number of benzene rings is 2. The van der Waals surface area contributed by atoms with E-state index < -0.39 is 29.9 Å². The molecule has 138 valence electrons. The van der Waals surface area contributed by atoms with E-state index in [4.69, 9.17) is 23.1 Å². The van der Waals surface area contributed by atoms with Crippen molar-refractivity contribution < 1.29 is 22.7 Å². The Bertz CT molecular complexity index is 821. The summed E-state index contributed by atoms with van der Waals surface area (Å²) in [7, 11) is 0. The normalized spacial score (nSPS) is 12.3. The molecule has 0 aliphatic heterocycles. The minimum Gasteiger partial charge on any atom is -0.405 e. The van der Waals surface area contributed by atoms with Crippen molar-refractivity contribution in [1.29, 1.82) is 0 Å². The predicted octanol–water partition coefficient (Wildman–Crippen LogP) is 3.36. The SMILES string of the molecule is NC(N)=NC(=O)C(Cc1cccc(Cl)c1)c1ccccc1OC(F)(F)F. The van der Waals surface area contributed by atoms with Crippen LogP contribution in [0.15, 0.2) is 53.5 Å². The van der Waals surface area contributed by atoms with Crippen molar-refractivity contribution >= 4 is 23.5 Å². The fourth-order valence-corrected chi connectivity index (χ4v) is 2.63. The number of alkyl halides is 3. The van der Waals surface area contributed by atoms with E-state index in [9.17, 15) is 18.0 Å². The fourth-order valence-electron chi connectivity index (χ4n) is 2.42. The first-order chi connectivity index (χ1) is 12.2. The maximum atomic E-state index is 12.7. The van der Waals surface area contributed by atoms with E-state index in [1.165, 1.54) is 18.2 Å². The first-order valence-corrected chi connectivity index (χ1v) is 7.76. The lowest BCUT2D eigenvalue weighted by Crippen LogP contribution is -2.27. The van der Waals surface area contributed by atoms with Crippen LogP contribution in [0.1, 0.15) is 17.0 Å². The maximum Gasteiger partial charge on any atom is 0.573 e. The van der Waals surface area contributed by atoms with Crippen LogP contribution in [-0.2, 0) is 11.2 Å². The number of carbonyl (C=O) groups is 1. The first-order valence-electron chi connectivity index (χ1n) is 7.38. The van der Waals surface area contributed by atoms with E-state index >= 15 is 0 Å². The van der Waals surface area contributed by atoms with Gasteiger partial charge in [-0.2, -0.15) is 4.99 Å². The standard InChI is InChI=1S/C17H15ClF3N3O2/c18-11-5-3-4-10(8-11)9-13(15(25)24-16(22)23)12-6-1-2-7-14(12)26-17(19,20)21/h1-8,13H,9H2,(H4,22,23,24,25). The summed E-state index contributed by atoms with van der Waals surface area (Å²) in [6.45, 7) is 0. The minimum atomic E-state index is -4.91. The van der Waals surface area contributed by atoms with Gasteiger partial charge in [-0.1, -0.05) is 41.9 Å². The second-order valence-corrected chi connectivity index (χ2v) is 5.78. The highest BCUT2D eigenvalue weighted by molar-refractivity contribution is 6.30. The van der Waals surface area contributed by atoms with Gasteiger partial charge in [-0.05, 0) is 30.2 Å². The van der Waals surface area contributed by atoms with Crippen LogP contribution in [-0.4, -0.2) is 18.2 Å². The molecule has 2 rings (SSSR count). The smallest absolute Gasteiger partial charge is 0.405 e. The number of nitrogens with two attached hydrogens (primary N) is 2. The van der Waals surface area contributed by atoms with Crippen LogP contribution in [0.25, 0.3) is 0 Å². The molecule has 26 heavy (non-hydrogen) atoms. The molecule has 2 aromatic rings. The molecule has 0 bridgehead atoms. The molecule has 0 fully saturated rings. The number of amides is 1. The molecule has 0 aliphatic carbocycles. The molecule has 1 amide bonds. The summed E-state index contributed by atoms with van der Waals surface area (Å²) in [5.74, 6) is -2.86. The zero-order valence-corrected chi connectivity index (χ0v) is 14.1. The number of hydrogen-bond acceptors (Lipinski definition) is 2. The fraction of sp³-hybridized carbons (Fsp3) is 0.176. The lowest BCUT2D eigenvalue weighted by Gasteiger charge is -2.19. The molecule has 0 heterocycles. The Balaban J connectivity index is 2.47. The number of carbonyl (C=O) groups excluding carboxylic acids is 1. The summed E-state index contributed by atoms with van der Waals surface area (Å²) >= 11 is 5.93. The average Bonchev–Trinajstić information content (AvgIpc) is 2.51. The molecule has 4 N–H and O–H groups in total. The summed E-state index contributed by atoms with van der Waals surface area (Å²) in [5, 5.41) is 0.426. The van der Waals surface area contributed by atoms with Crippen molar-refractivity contribution in [2.24, 2.45) is 16.5 Å². The van der Waals surface area contributed by atoms with E-state index in [-0.39, 0.29) is 12.0 Å². The molecule has 0 saturated heterocycles. The molecule has 5 nitrogen and oxygen atoms in total. The van der Waals surface area contributed by atoms with Crippen molar-refractivity contribution in [3.8, 4) is 5.75 Å².